The molecule has 3 heterocycles. The zero-order chi connectivity index (χ0) is 21.2. The first-order chi connectivity index (χ1) is 13.5. The minimum Gasteiger partial charge on any atom is -0.367 e. The van der Waals surface area contributed by atoms with Crippen LogP contribution in [0.25, 0.3) is 0 Å². The topological polar surface area (TPSA) is 50.6 Å². The monoisotopic (exact) mass is 416 g/mol. The van der Waals surface area contributed by atoms with Crippen LogP contribution in [0.2, 0.25) is 0 Å². The number of imidazole rings is 1. The molecule has 0 spiro atoms. The molecule has 0 N–H and O–H groups in total. The molecule has 0 atom stereocenters. The molecule has 6 nitrogen and oxygen atoms in total. The predicted molar refractivity (Wildman–Crippen MR) is 102 cm³/mol. The summed E-state index contributed by atoms with van der Waals surface area (Å²) in [6, 6.07) is 0. The van der Waals surface area contributed by atoms with Crippen LogP contribution in [-0.4, -0.2) is 58.2 Å². The molecule has 0 amide bonds. The van der Waals surface area contributed by atoms with Crippen molar-refractivity contribution in [1.29, 1.82) is 0 Å². The Morgan fingerprint density at radius 1 is 1.10 bits per heavy atom. The third-order valence-corrected chi connectivity index (χ3v) is 5.60. The molecular weight excluding hydrogens is 385 g/mol. The zero-order valence-corrected chi connectivity index (χ0v) is 17.5. The maximum absolute atomic E-state index is 13.3. The maximum Gasteiger partial charge on any atom is 0.434 e. The number of halogens is 3. The van der Waals surface area contributed by atoms with Crippen LogP contribution >= 0.6 is 0 Å². The van der Waals surface area contributed by atoms with Crippen molar-refractivity contribution in [1.82, 2.24) is 19.5 Å². The van der Waals surface area contributed by atoms with Gasteiger partial charge in [-0.1, -0.05) is 0 Å². The second-order valence-corrected chi connectivity index (χ2v) is 9.06. The number of piperidine rings is 1. The third kappa shape index (κ3) is 5.72. The molecule has 3 rings (SSSR count). The van der Waals surface area contributed by atoms with Crippen molar-refractivity contribution in [2.45, 2.75) is 65.1 Å². The van der Waals surface area contributed by atoms with Gasteiger partial charge in [0.25, 0.3) is 0 Å². The molecule has 0 aromatic carbocycles. The van der Waals surface area contributed by atoms with Crippen LogP contribution in [-0.2, 0) is 22.4 Å². The lowest BCUT2D eigenvalue weighted by atomic mass is 9.96. The van der Waals surface area contributed by atoms with Crippen molar-refractivity contribution in [3.63, 3.8) is 0 Å². The number of carbonyl (C=O) groups excluding carboxylic acids is 1. The highest BCUT2D eigenvalue weighted by Gasteiger charge is 2.37. The molecular formula is C20H31F3N4O2. The molecule has 0 saturated carbocycles. The van der Waals surface area contributed by atoms with Crippen LogP contribution in [0.15, 0.2) is 6.20 Å². The molecule has 2 saturated heterocycles. The molecule has 2 aliphatic rings. The first kappa shape index (κ1) is 22.1. The number of hydrogen-bond acceptors (Lipinski definition) is 5. The van der Waals surface area contributed by atoms with E-state index in [0.29, 0.717) is 38.3 Å². The van der Waals surface area contributed by atoms with E-state index in [1.807, 2.05) is 0 Å². The Balaban J connectivity index is 1.65. The molecule has 0 unspecified atom stereocenters. The Morgan fingerprint density at radius 2 is 1.72 bits per heavy atom. The minimum absolute atomic E-state index is 0.0748. The fourth-order valence-corrected chi connectivity index (χ4v) is 3.79. The number of aromatic nitrogens is 2. The molecule has 29 heavy (non-hydrogen) atoms. The molecule has 0 aliphatic carbocycles. The SMILES string of the molecule is CC(C)(C)C(=O)ON1CCC(c2nc(C(F)(F)F)cn2CCN2CCCC2)CC1. The van der Waals surface area contributed by atoms with Crippen molar-refractivity contribution >= 4 is 5.97 Å². The van der Waals surface area contributed by atoms with Crippen molar-refractivity contribution in [3.05, 3.63) is 17.7 Å². The van der Waals surface area contributed by atoms with Gasteiger partial charge in [0.1, 0.15) is 5.82 Å². The van der Waals surface area contributed by atoms with Crippen LogP contribution < -0.4 is 0 Å². The van der Waals surface area contributed by atoms with E-state index in [9.17, 15) is 18.0 Å². The van der Waals surface area contributed by atoms with E-state index in [4.69, 9.17) is 4.84 Å². The summed E-state index contributed by atoms with van der Waals surface area (Å²) in [4.78, 5) is 23.7. The van der Waals surface area contributed by atoms with Crippen LogP contribution in [0.1, 0.15) is 63.9 Å². The zero-order valence-electron chi connectivity index (χ0n) is 17.5. The maximum atomic E-state index is 13.3. The van der Waals surface area contributed by atoms with Gasteiger partial charge in [0.2, 0.25) is 0 Å². The molecule has 0 radical (unpaired) electrons. The van der Waals surface area contributed by atoms with Gasteiger partial charge in [-0.25, -0.2) is 9.78 Å². The summed E-state index contributed by atoms with van der Waals surface area (Å²) in [5.41, 5.74) is -1.42. The molecule has 1 aromatic rings. The normalized spacial score (nSPS) is 20.3. The van der Waals surface area contributed by atoms with Crippen LogP contribution in [0.4, 0.5) is 13.2 Å². The lowest BCUT2D eigenvalue weighted by Crippen LogP contribution is -2.38. The fourth-order valence-electron chi connectivity index (χ4n) is 3.79. The predicted octanol–water partition coefficient (Wildman–Crippen LogP) is 3.68. The Labute approximate surface area is 170 Å². The Bertz CT molecular complexity index is 698. The summed E-state index contributed by atoms with van der Waals surface area (Å²) >= 11 is 0. The van der Waals surface area contributed by atoms with Gasteiger partial charge >= 0.3 is 12.1 Å². The van der Waals surface area contributed by atoms with Crippen LogP contribution in [0.5, 0.6) is 0 Å². The van der Waals surface area contributed by atoms with E-state index in [2.05, 4.69) is 9.88 Å². The first-order valence-corrected chi connectivity index (χ1v) is 10.4. The molecule has 1 aromatic heterocycles. The van der Waals surface area contributed by atoms with Gasteiger partial charge in [0, 0.05) is 38.3 Å². The third-order valence-electron chi connectivity index (χ3n) is 5.60. The number of hydroxylamine groups is 2. The van der Waals surface area contributed by atoms with Gasteiger partial charge in [-0.15, -0.1) is 5.06 Å². The van der Waals surface area contributed by atoms with Crippen molar-refractivity contribution in [2.24, 2.45) is 5.41 Å². The quantitative estimate of drug-likeness (QED) is 0.733. The first-order valence-electron chi connectivity index (χ1n) is 10.4. The smallest absolute Gasteiger partial charge is 0.367 e. The van der Waals surface area contributed by atoms with Gasteiger partial charge in [-0.2, -0.15) is 13.2 Å². The highest BCUT2D eigenvalue weighted by atomic mass is 19.4. The van der Waals surface area contributed by atoms with Crippen LogP contribution in [0.3, 0.4) is 0 Å². The molecule has 2 aliphatic heterocycles. The Morgan fingerprint density at radius 3 is 2.28 bits per heavy atom. The molecule has 164 valence electrons. The second kappa shape index (κ2) is 8.63. The van der Waals surface area contributed by atoms with Crippen molar-refractivity contribution in [3.8, 4) is 0 Å². The number of carbonyl (C=O) groups is 1. The molecule has 0 bridgehead atoms. The fraction of sp³-hybridized carbons (Fsp3) is 0.800. The number of rotatable bonds is 5. The van der Waals surface area contributed by atoms with E-state index < -0.39 is 17.3 Å². The summed E-state index contributed by atoms with van der Waals surface area (Å²) in [6.45, 7) is 9.62. The van der Waals surface area contributed by atoms with Gasteiger partial charge in [-0.05, 0) is 59.5 Å². The van der Waals surface area contributed by atoms with Crippen molar-refractivity contribution < 1.29 is 22.8 Å². The minimum atomic E-state index is -4.45. The summed E-state index contributed by atoms with van der Waals surface area (Å²) < 4.78 is 41.4. The highest BCUT2D eigenvalue weighted by molar-refractivity contribution is 5.75. The highest BCUT2D eigenvalue weighted by Crippen LogP contribution is 2.33. The van der Waals surface area contributed by atoms with Crippen molar-refractivity contribution in [2.75, 3.05) is 32.7 Å². The van der Waals surface area contributed by atoms with Gasteiger partial charge in [-0.3, -0.25) is 0 Å². The second-order valence-electron chi connectivity index (χ2n) is 9.06. The number of nitrogens with zero attached hydrogens (tertiary/aromatic N) is 4. The lowest BCUT2D eigenvalue weighted by molar-refractivity contribution is -0.204. The van der Waals surface area contributed by atoms with E-state index >= 15 is 0 Å². The molecule has 2 fully saturated rings. The largest absolute Gasteiger partial charge is 0.434 e. The van der Waals surface area contributed by atoms with Gasteiger partial charge < -0.3 is 14.3 Å². The average molecular weight is 416 g/mol. The van der Waals surface area contributed by atoms with Crippen LogP contribution in [0, 0.1) is 5.41 Å². The number of hydrogen-bond donors (Lipinski definition) is 0. The number of likely N-dealkylation sites (tertiary alicyclic amines) is 1. The van der Waals surface area contributed by atoms with Gasteiger partial charge in [0.05, 0.1) is 5.41 Å². The summed E-state index contributed by atoms with van der Waals surface area (Å²) in [6.07, 6.45) is 0.214. The van der Waals surface area contributed by atoms with E-state index in [0.717, 1.165) is 38.7 Å². The summed E-state index contributed by atoms with van der Waals surface area (Å²) in [7, 11) is 0. The summed E-state index contributed by atoms with van der Waals surface area (Å²) in [5, 5.41) is 1.62. The standard InChI is InChI=1S/C20H31F3N4O2/c1-19(2,3)18(28)29-27-10-6-15(7-11-27)17-24-16(20(21,22)23)14-26(17)13-12-25-8-4-5-9-25/h14-15H,4-13H2,1-3H3. The van der Waals surface area contributed by atoms with E-state index in [1.54, 1.807) is 30.4 Å². The van der Waals surface area contributed by atoms with Gasteiger partial charge in [0.15, 0.2) is 5.69 Å². The summed E-state index contributed by atoms with van der Waals surface area (Å²) in [5.74, 6) is 0.120. The number of alkyl halides is 3. The molecule has 9 heteroatoms. The Kier molecular flexibility index (Phi) is 6.57. The Hall–Kier alpha value is -1.61. The van der Waals surface area contributed by atoms with E-state index in [-0.39, 0.29) is 11.9 Å². The average Bonchev–Trinajstić information content (AvgIpc) is 3.29. The lowest BCUT2D eigenvalue weighted by Gasteiger charge is -2.32. The van der Waals surface area contributed by atoms with E-state index in [1.165, 1.54) is 0 Å².